The van der Waals surface area contributed by atoms with E-state index in [1.807, 2.05) is 20.8 Å². The van der Waals surface area contributed by atoms with Crippen molar-refractivity contribution < 1.29 is 19.0 Å². The predicted molar refractivity (Wildman–Crippen MR) is 112 cm³/mol. The zero-order chi connectivity index (χ0) is 20.7. The first kappa shape index (κ1) is 22.1. The van der Waals surface area contributed by atoms with E-state index in [0.29, 0.717) is 48.6 Å². The molecule has 0 aliphatic heterocycles. The fourth-order valence-corrected chi connectivity index (χ4v) is 3.91. The molecule has 0 saturated heterocycles. The van der Waals surface area contributed by atoms with Crippen LogP contribution in [-0.2, 0) is 0 Å². The quantitative estimate of drug-likeness (QED) is 0.647. The minimum absolute atomic E-state index is 0.213. The van der Waals surface area contributed by atoms with Gasteiger partial charge in [0.05, 0.1) is 19.8 Å². The highest BCUT2D eigenvalue weighted by molar-refractivity contribution is 5.97. The Bertz CT molecular complexity index is 685. The molecular formula is C22H34N2O4. The Balaban J connectivity index is 2.25. The van der Waals surface area contributed by atoms with Crippen molar-refractivity contribution in [3.05, 3.63) is 17.7 Å². The summed E-state index contributed by atoms with van der Waals surface area (Å²) in [7, 11) is 0. The van der Waals surface area contributed by atoms with Gasteiger partial charge >= 0.3 is 0 Å². The summed E-state index contributed by atoms with van der Waals surface area (Å²) >= 11 is 0. The first-order valence-corrected chi connectivity index (χ1v) is 10.2. The van der Waals surface area contributed by atoms with Gasteiger partial charge in [-0.15, -0.1) is 0 Å². The molecule has 0 aromatic heterocycles. The van der Waals surface area contributed by atoms with Crippen molar-refractivity contribution in [3.8, 4) is 17.2 Å². The molecule has 1 aromatic carbocycles. The molecule has 1 aliphatic carbocycles. The molecule has 156 valence electrons. The molecule has 28 heavy (non-hydrogen) atoms. The maximum atomic E-state index is 12.7. The van der Waals surface area contributed by atoms with Gasteiger partial charge in [0.1, 0.15) is 0 Å². The average molecular weight is 391 g/mol. The second-order valence-corrected chi connectivity index (χ2v) is 8.07. The molecule has 1 aliphatic rings. The van der Waals surface area contributed by atoms with Crippen LogP contribution < -0.4 is 19.6 Å². The number of hydrogen-bond acceptors (Lipinski definition) is 5. The van der Waals surface area contributed by atoms with Crippen LogP contribution in [0.15, 0.2) is 17.2 Å². The van der Waals surface area contributed by atoms with Crippen molar-refractivity contribution >= 4 is 11.6 Å². The smallest absolute Gasteiger partial charge is 0.271 e. The van der Waals surface area contributed by atoms with E-state index in [0.717, 1.165) is 18.6 Å². The fourth-order valence-electron chi connectivity index (χ4n) is 3.91. The monoisotopic (exact) mass is 390 g/mol. The lowest BCUT2D eigenvalue weighted by atomic mass is 9.72. The van der Waals surface area contributed by atoms with Gasteiger partial charge in [0.25, 0.3) is 5.91 Å². The number of rotatable bonds is 8. The summed E-state index contributed by atoms with van der Waals surface area (Å²) in [5.41, 5.74) is 4.40. The molecule has 6 heteroatoms. The molecule has 1 N–H and O–H groups in total. The van der Waals surface area contributed by atoms with Gasteiger partial charge in [0.2, 0.25) is 5.75 Å². The lowest BCUT2D eigenvalue weighted by Crippen LogP contribution is -2.30. The van der Waals surface area contributed by atoms with Crippen LogP contribution in [0.3, 0.4) is 0 Å². The highest BCUT2D eigenvalue weighted by Gasteiger charge is 2.29. The maximum Gasteiger partial charge on any atom is 0.271 e. The van der Waals surface area contributed by atoms with Gasteiger partial charge in [-0.05, 0) is 63.5 Å². The van der Waals surface area contributed by atoms with Crippen LogP contribution in [0.1, 0.15) is 71.2 Å². The summed E-state index contributed by atoms with van der Waals surface area (Å²) < 4.78 is 17.1. The molecule has 6 nitrogen and oxygen atoms in total. The van der Waals surface area contributed by atoms with Crippen LogP contribution in [0.5, 0.6) is 17.2 Å². The van der Waals surface area contributed by atoms with Gasteiger partial charge in [-0.25, -0.2) is 5.43 Å². The summed E-state index contributed by atoms with van der Waals surface area (Å²) in [4.78, 5) is 12.7. The van der Waals surface area contributed by atoms with E-state index in [-0.39, 0.29) is 11.3 Å². The van der Waals surface area contributed by atoms with Gasteiger partial charge in [0, 0.05) is 11.3 Å². The number of nitrogens with one attached hydrogen (secondary N) is 1. The van der Waals surface area contributed by atoms with E-state index in [1.165, 1.54) is 6.42 Å². The van der Waals surface area contributed by atoms with Crippen molar-refractivity contribution in [2.45, 2.75) is 60.8 Å². The zero-order valence-electron chi connectivity index (χ0n) is 18.1. The van der Waals surface area contributed by atoms with Gasteiger partial charge in [-0.2, -0.15) is 5.10 Å². The number of hydrazone groups is 1. The van der Waals surface area contributed by atoms with Crippen LogP contribution in [0, 0.1) is 11.3 Å². The topological polar surface area (TPSA) is 69.2 Å². The Hall–Kier alpha value is -2.24. The molecule has 1 fully saturated rings. The van der Waals surface area contributed by atoms with Gasteiger partial charge in [0.15, 0.2) is 11.5 Å². The molecule has 0 heterocycles. The van der Waals surface area contributed by atoms with Crippen LogP contribution in [0.25, 0.3) is 0 Å². The minimum atomic E-state index is -0.284. The SMILES string of the molecule is CCOc1cc(C(=O)N/N=C2\CC(C)CC(C)(C)C2)cc(OCC)c1OCC. The molecule has 0 bridgehead atoms. The first-order valence-electron chi connectivity index (χ1n) is 10.2. The number of benzene rings is 1. The van der Waals surface area contributed by atoms with Crippen molar-refractivity contribution in [1.29, 1.82) is 0 Å². The Morgan fingerprint density at radius 1 is 1.11 bits per heavy atom. The molecule has 0 radical (unpaired) electrons. The molecule has 1 saturated carbocycles. The van der Waals surface area contributed by atoms with Crippen LogP contribution in [-0.4, -0.2) is 31.4 Å². The standard InChI is InChI=1S/C22H34N2O4/c1-7-26-18-11-16(12-19(27-8-2)20(18)28-9-3)21(25)24-23-17-10-15(4)13-22(5,6)14-17/h11-12,15H,7-10,13-14H2,1-6H3,(H,24,25)/b23-17+. The van der Waals surface area contributed by atoms with Gasteiger partial charge in [-0.3, -0.25) is 4.79 Å². The number of ether oxygens (including phenoxy) is 3. The molecule has 2 rings (SSSR count). The summed E-state index contributed by atoms with van der Waals surface area (Å²) in [5, 5.41) is 4.42. The van der Waals surface area contributed by atoms with E-state index < -0.39 is 0 Å². The largest absolute Gasteiger partial charge is 0.490 e. The molecule has 1 atom stereocenters. The van der Waals surface area contributed by atoms with Crippen molar-refractivity contribution in [2.24, 2.45) is 16.4 Å². The Labute approximate surface area is 168 Å². The predicted octanol–water partition coefficient (Wildman–Crippen LogP) is 4.81. The van der Waals surface area contributed by atoms with Crippen molar-refractivity contribution in [3.63, 3.8) is 0 Å². The lowest BCUT2D eigenvalue weighted by molar-refractivity contribution is 0.0952. The lowest BCUT2D eigenvalue weighted by Gasteiger charge is -2.34. The highest BCUT2D eigenvalue weighted by atomic mass is 16.5. The van der Waals surface area contributed by atoms with E-state index in [4.69, 9.17) is 14.2 Å². The number of carbonyl (C=O) groups excluding carboxylic acids is 1. The van der Waals surface area contributed by atoms with E-state index >= 15 is 0 Å². The Kier molecular flexibility index (Phi) is 7.72. The van der Waals surface area contributed by atoms with Crippen LogP contribution >= 0.6 is 0 Å². The molecule has 1 amide bonds. The Morgan fingerprint density at radius 2 is 1.68 bits per heavy atom. The van der Waals surface area contributed by atoms with Gasteiger partial charge < -0.3 is 14.2 Å². The third-order valence-electron chi connectivity index (χ3n) is 4.65. The van der Waals surface area contributed by atoms with Gasteiger partial charge in [-0.1, -0.05) is 20.8 Å². The molecule has 0 spiro atoms. The van der Waals surface area contributed by atoms with E-state index in [9.17, 15) is 4.79 Å². The van der Waals surface area contributed by atoms with Crippen LogP contribution in [0.4, 0.5) is 0 Å². The number of nitrogens with zero attached hydrogens (tertiary/aromatic N) is 1. The summed E-state index contributed by atoms with van der Waals surface area (Å²) in [5.74, 6) is 1.81. The van der Waals surface area contributed by atoms with E-state index in [1.54, 1.807) is 12.1 Å². The maximum absolute atomic E-state index is 12.7. The van der Waals surface area contributed by atoms with E-state index in [2.05, 4.69) is 31.3 Å². The summed E-state index contributed by atoms with van der Waals surface area (Å²) in [6.07, 6.45) is 2.99. The highest BCUT2D eigenvalue weighted by Crippen LogP contribution is 2.39. The van der Waals surface area contributed by atoms with Crippen LogP contribution in [0.2, 0.25) is 0 Å². The number of hydrogen-bond donors (Lipinski definition) is 1. The third-order valence-corrected chi connectivity index (χ3v) is 4.65. The molecular weight excluding hydrogens is 356 g/mol. The normalized spacial score (nSPS) is 19.9. The first-order chi connectivity index (χ1) is 13.3. The third kappa shape index (κ3) is 5.88. The van der Waals surface area contributed by atoms with Crippen molar-refractivity contribution in [1.82, 2.24) is 5.43 Å². The average Bonchev–Trinajstić information content (AvgIpc) is 2.61. The fraction of sp³-hybridized carbons (Fsp3) is 0.636. The minimum Gasteiger partial charge on any atom is -0.490 e. The summed E-state index contributed by atoms with van der Waals surface area (Å²) in [6.45, 7) is 13.8. The second kappa shape index (κ2) is 9.80. The second-order valence-electron chi connectivity index (χ2n) is 8.07. The van der Waals surface area contributed by atoms with Crippen molar-refractivity contribution in [2.75, 3.05) is 19.8 Å². The number of carbonyl (C=O) groups is 1. The number of amides is 1. The molecule has 1 aromatic rings. The zero-order valence-corrected chi connectivity index (χ0v) is 18.1. The molecule has 1 unspecified atom stereocenters. The Morgan fingerprint density at radius 3 is 2.18 bits per heavy atom. The summed E-state index contributed by atoms with van der Waals surface area (Å²) in [6, 6.07) is 3.36.